The molecule has 2 nitrogen and oxygen atoms in total. The molecule has 0 rings (SSSR count). The van der Waals surface area contributed by atoms with E-state index in [1.807, 2.05) is 0 Å². The fraction of sp³-hybridized carbons (Fsp3) is 0.875. The molecule has 10 heavy (non-hydrogen) atoms. The molecule has 0 aliphatic rings. The lowest BCUT2D eigenvalue weighted by atomic mass is 10.0. The lowest BCUT2D eigenvalue weighted by Gasteiger charge is -2.06. The van der Waals surface area contributed by atoms with Crippen LogP contribution in [0.2, 0.25) is 0 Å². The molecule has 0 spiro atoms. The van der Waals surface area contributed by atoms with Gasteiger partial charge in [0.2, 0.25) is 0 Å². The molecule has 0 aromatic carbocycles. The Labute approximate surface area is 62.6 Å². The van der Waals surface area contributed by atoms with Gasteiger partial charge in [0.05, 0.1) is 7.11 Å². The maximum absolute atomic E-state index is 10.7. The average Bonchev–Trinajstić information content (AvgIpc) is 1.88. The summed E-state index contributed by atoms with van der Waals surface area (Å²) in [5.41, 5.74) is 0. The quantitative estimate of drug-likeness (QED) is 0.564. The topological polar surface area (TPSA) is 26.3 Å². The van der Waals surface area contributed by atoms with Crippen molar-refractivity contribution < 1.29 is 9.53 Å². The summed E-state index contributed by atoms with van der Waals surface area (Å²) in [6.45, 7) is 4.19. The standard InChI is InChI=1S/C8H16O2/c1-4-5-7(2)6-8(9)10-3/h7H,4-6H2,1-3H3/t7-/m1/s1. The summed E-state index contributed by atoms with van der Waals surface area (Å²) >= 11 is 0. The number of esters is 1. The number of rotatable bonds is 4. The number of hydrogen-bond acceptors (Lipinski definition) is 2. The highest BCUT2D eigenvalue weighted by Crippen LogP contribution is 2.09. The molecule has 0 aliphatic carbocycles. The number of methoxy groups -OCH3 is 1. The van der Waals surface area contributed by atoms with Crippen LogP contribution in [0.5, 0.6) is 0 Å². The van der Waals surface area contributed by atoms with Gasteiger partial charge in [-0.15, -0.1) is 0 Å². The van der Waals surface area contributed by atoms with Gasteiger partial charge in [0.25, 0.3) is 0 Å². The van der Waals surface area contributed by atoms with Crippen molar-refractivity contribution in [1.82, 2.24) is 0 Å². The zero-order chi connectivity index (χ0) is 7.98. The largest absolute Gasteiger partial charge is 0.469 e. The Bertz CT molecular complexity index is 99.4. The van der Waals surface area contributed by atoms with Gasteiger partial charge in [-0.2, -0.15) is 0 Å². The van der Waals surface area contributed by atoms with Crippen molar-refractivity contribution in [2.45, 2.75) is 33.1 Å². The Balaban J connectivity index is 3.37. The second kappa shape index (κ2) is 5.27. The zero-order valence-electron chi connectivity index (χ0n) is 7.02. The van der Waals surface area contributed by atoms with Crippen molar-refractivity contribution in [3.8, 4) is 0 Å². The van der Waals surface area contributed by atoms with Gasteiger partial charge in [0.1, 0.15) is 0 Å². The van der Waals surface area contributed by atoms with Crippen molar-refractivity contribution in [1.29, 1.82) is 0 Å². The van der Waals surface area contributed by atoms with Crippen molar-refractivity contribution >= 4 is 5.97 Å². The lowest BCUT2D eigenvalue weighted by molar-refractivity contribution is -0.141. The number of carbonyl (C=O) groups is 1. The normalized spacial score (nSPS) is 12.7. The molecule has 0 bridgehead atoms. The third kappa shape index (κ3) is 4.36. The fourth-order valence-electron chi connectivity index (χ4n) is 0.963. The molecular weight excluding hydrogens is 128 g/mol. The van der Waals surface area contributed by atoms with Crippen LogP contribution in [0.15, 0.2) is 0 Å². The number of carbonyl (C=O) groups excluding carboxylic acids is 1. The van der Waals surface area contributed by atoms with Crippen LogP contribution < -0.4 is 0 Å². The minimum atomic E-state index is -0.0963. The Kier molecular flexibility index (Phi) is 4.99. The summed E-state index contributed by atoms with van der Waals surface area (Å²) in [5.74, 6) is 0.374. The van der Waals surface area contributed by atoms with Gasteiger partial charge in [0.15, 0.2) is 0 Å². The molecule has 2 heteroatoms. The maximum atomic E-state index is 10.7. The van der Waals surface area contributed by atoms with E-state index in [2.05, 4.69) is 18.6 Å². The molecule has 0 aliphatic heterocycles. The van der Waals surface area contributed by atoms with Crippen LogP contribution in [-0.2, 0) is 9.53 Å². The van der Waals surface area contributed by atoms with E-state index in [9.17, 15) is 4.79 Å². The van der Waals surface area contributed by atoms with Gasteiger partial charge in [0, 0.05) is 6.42 Å². The Hall–Kier alpha value is -0.530. The van der Waals surface area contributed by atoms with E-state index in [1.165, 1.54) is 7.11 Å². The molecule has 0 saturated heterocycles. The van der Waals surface area contributed by atoms with E-state index in [0.717, 1.165) is 12.8 Å². The monoisotopic (exact) mass is 144 g/mol. The molecule has 0 radical (unpaired) electrons. The van der Waals surface area contributed by atoms with Gasteiger partial charge in [-0.3, -0.25) is 4.79 Å². The first-order valence-corrected chi connectivity index (χ1v) is 3.77. The molecule has 0 amide bonds. The molecular formula is C8H16O2. The van der Waals surface area contributed by atoms with Gasteiger partial charge >= 0.3 is 5.97 Å². The van der Waals surface area contributed by atoms with Crippen LogP contribution in [0.1, 0.15) is 33.1 Å². The third-order valence-corrected chi connectivity index (χ3v) is 1.52. The number of ether oxygens (including phenoxy) is 1. The van der Waals surface area contributed by atoms with Gasteiger partial charge < -0.3 is 4.74 Å². The van der Waals surface area contributed by atoms with Crippen molar-refractivity contribution in [2.75, 3.05) is 7.11 Å². The Morgan fingerprint density at radius 1 is 1.60 bits per heavy atom. The van der Waals surface area contributed by atoms with Gasteiger partial charge in [-0.1, -0.05) is 26.7 Å². The lowest BCUT2D eigenvalue weighted by Crippen LogP contribution is -2.06. The molecule has 0 unspecified atom stereocenters. The summed E-state index contributed by atoms with van der Waals surface area (Å²) in [4.78, 5) is 10.7. The first-order chi connectivity index (χ1) is 4.70. The van der Waals surface area contributed by atoms with E-state index < -0.39 is 0 Å². The Morgan fingerprint density at radius 3 is 2.60 bits per heavy atom. The Morgan fingerprint density at radius 2 is 2.20 bits per heavy atom. The van der Waals surface area contributed by atoms with Crippen LogP contribution >= 0.6 is 0 Å². The van der Waals surface area contributed by atoms with Gasteiger partial charge in [-0.25, -0.2) is 0 Å². The van der Waals surface area contributed by atoms with Crippen LogP contribution in [-0.4, -0.2) is 13.1 Å². The van der Waals surface area contributed by atoms with Crippen molar-refractivity contribution in [3.05, 3.63) is 0 Å². The van der Waals surface area contributed by atoms with Crippen LogP contribution in [0, 0.1) is 5.92 Å². The van der Waals surface area contributed by atoms with Gasteiger partial charge in [-0.05, 0) is 5.92 Å². The molecule has 0 fully saturated rings. The van der Waals surface area contributed by atoms with Crippen LogP contribution in [0.4, 0.5) is 0 Å². The van der Waals surface area contributed by atoms with Crippen LogP contribution in [0.3, 0.4) is 0 Å². The highest BCUT2D eigenvalue weighted by molar-refractivity contribution is 5.69. The summed E-state index contributed by atoms with van der Waals surface area (Å²) < 4.78 is 4.53. The molecule has 0 aromatic heterocycles. The second-order valence-corrected chi connectivity index (χ2v) is 2.67. The minimum Gasteiger partial charge on any atom is -0.469 e. The smallest absolute Gasteiger partial charge is 0.305 e. The first-order valence-electron chi connectivity index (χ1n) is 3.77. The van der Waals surface area contributed by atoms with E-state index in [-0.39, 0.29) is 5.97 Å². The van der Waals surface area contributed by atoms with E-state index >= 15 is 0 Å². The highest BCUT2D eigenvalue weighted by Gasteiger charge is 2.06. The summed E-state index contributed by atoms with van der Waals surface area (Å²) in [7, 11) is 1.43. The third-order valence-electron chi connectivity index (χ3n) is 1.52. The molecule has 0 N–H and O–H groups in total. The minimum absolute atomic E-state index is 0.0963. The van der Waals surface area contributed by atoms with Crippen LogP contribution in [0.25, 0.3) is 0 Å². The summed E-state index contributed by atoms with van der Waals surface area (Å²) in [5, 5.41) is 0. The first kappa shape index (κ1) is 9.47. The maximum Gasteiger partial charge on any atom is 0.305 e. The van der Waals surface area contributed by atoms with Crippen molar-refractivity contribution in [3.63, 3.8) is 0 Å². The molecule has 60 valence electrons. The molecule has 1 atom stereocenters. The zero-order valence-corrected chi connectivity index (χ0v) is 7.02. The van der Waals surface area contributed by atoms with E-state index in [1.54, 1.807) is 0 Å². The van der Waals surface area contributed by atoms with E-state index in [0.29, 0.717) is 12.3 Å². The predicted octanol–water partition coefficient (Wildman–Crippen LogP) is 1.99. The second-order valence-electron chi connectivity index (χ2n) is 2.67. The summed E-state index contributed by atoms with van der Waals surface area (Å²) in [6, 6.07) is 0. The average molecular weight is 144 g/mol. The number of hydrogen-bond donors (Lipinski definition) is 0. The predicted molar refractivity (Wildman–Crippen MR) is 40.7 cm³/mol. The van der Waals surface area contributed by atoms with Crippen molar-refractivity contribution in [2.24, 2.45) is 5.92 Å². The SMILES string of the molecule is CCC[C@@H](C)CC(=O)OC. The molecule has 0 heterocycles. The van der Waals surface area contributed by atoms with E-state index in [4.69, 9.17) is 0 Å². The summed E-state index contributed by atoms with van der Waals surface area (Å²) in [6.07, 6.45) is 2.80. The highest BCUT2D eigenvalue weighted by atomic mass is 16.5. The fourth-order valence-corrected chi connectivity index (χ4v) is 0.963. The molecule has 0 aromatic rings. The molecule has 0 saturated carbocycles.